The maximum Gasteiger partial charge on any atom is 0.307 e. The lowest BCUT2D eigenvalue weighted by Crippen LogP contribution is -2.04. The Kier molecular flexibility index (Phi) is 2.95. The standard InChI is InChI=1S/C9H7ClN2O2/c10-9-6(3-8(13)14)5(4-11)1-2-7(9)12/h1-2H,3,12H2,(H,13,14). The normalized spacial score (nSPS) is 9.43. The molecule has 0 aromatic heterocycles. The molecule has 0 amide bonds. The first kappa shape index (κ1) is 10.4. The van der Waals surface area contributed by atoms with Crippen molar-refractivity contribution in [3.05, 3.63) is 28.3 Å². The van der Waals surface area contributed by atoms with E-state index in [0.29, 0.717) is 0 Å². The highest BCUT2D eigenvalue weighted by Gasteiger charge is 2.12. The largest absolute Gasteiger partial charge is 0.481 e. The minimum absolute atomic E-state index is 0.145. The van der Waals surface area contributed by atoms with Crippen LogP contribution in [0.1, 0.15) is 11.1 Å². The van der Waals surface area contributed by atoms with Crippen LogP contribution in [0.3, 0.4) is 0 Å². The topological polar surface area (TPSA) is 87.1 Å². The van der Waals surface area contributed by atoms with Crippen LogP contribution in [0, 0.1) is 11.3 Å². The Balaban J connectivity index is 3.29. The van der Waals surface area contributed by atoms with Gasteiger partial charge in [-0.05, 0) is 12.1 Å². The summed E-state index contributed by atoms with van der Waals surface area (Å²) in [5.41, 5.74) is 6.27. The minimum Gasteiger partial charge on any atom is -0.481 e. The van der Waals surface area contributed by atoms with Crippen LogP contribution >= 0.6 is 11.6 Å². The third-order valence-corrected chi connectivity index (χ3v) is 2.17. The first-order valence-electron chi connectivity index (χ1n) is 3.75. The molecule has 4 nitrogen and oxygen atoms in total. The molecular formula is C9H7ClN2O2. The van der Waals surface area contributed by atoms with Crippen molar-refractivity contribution in [3.63, 3.8) is 0 Å². The Bertz CT molecular complexity index is 424. The highest BCUT2D eigenvalue weighted by molar-refractivity contribution is 6.34. The van der Waals surface area contributed by atoms with Crippen molar-refractivity contribution in [2.45, 2.75) is 6.42 Å². The summed E-state index contributed by atoms with van der Waals surface area (Å²) >= 11 is 5.78. The number of nitrogens with zero attached hydrogens (tertiary/aromatic N) is 1. The minimum atomic E-state index is -1.05. The van der Waals surface area contributed by atoms with Gasteiger partial charge in [0, 0.05) is 5.56 Å². The molecule has 1 aromatic rings. The van der Waals surface area contributed by atoms with Gasteiger partial charge in [0.05, 0.1) is 28.8 Å². The first-order valence-corrected chi connectivity index (χ1v) is 4.12. The van der Waals surface area contributed by atoms with E-state index in [4.69, 9.17) is 27.7 Å². The van der Waals surface area contributed by atoms with Crippen molar-refractivity contribution in [1.29, 1.82) is 5.26 Å². The summed E-state index contributed by atoms with van der Waals surface area (Å²) in [5.74, 6) is -1.05. The molecule has 0 fully saturated rings. The molecular weight excluding hydrogens is 204 g/mol. The van der Waals surface area contributed by atoms with Crippen LogP contribution in [-0.4, -0.2) is 11.1 Å². The summed E-state index contributed by atoms with van der Waals surface area (Å²) in [7, 11) is 0. The van der Waals surface area contributed by atoms with Gasteiger partial charge in [0.1, 0.15) is 0 Å². The van der Waals surface area contributed by atoms with Crippen LogP contribution in [-0.2, 0) is 11.2 Å². The average molecular weight is 211 g/mol. The molecule has 0 unspecified atom stereocenters. The van der Waals surface area contributed by atoms with E-state index in [1.54, 1.807) is 0 Å². The van der Waals surface area contributed by atoms with Crippen molar-refractivity contribution in [2.75, 3.05) is 5.73 Å². The predicted octanol–water partition coefficient (Wildman–Crippen LogP) is 1.42. The maximum atomic E-state index is 10.5. The molecule has 14 heavy (non-hydrogen) atoms. The monoisotopic (exact) mass is 210 g/mol. The maximum absolute atomic E-state index is 10.5. The second kappa shape index (κ2) is 3.99. The summed E-state index contributed by atoms with van der Waals surface area (Å²) in [4.78, 5) is 10.5. The van der Waals surface area contributed by atoms with Gasteiger partial charge >= 0.3 is 5.97 Å². The van der Waals surface area contributed by atoms with Crippen LogP contribution in [0.15, 0.2) is 12.1 Å². The van der Waals surface area contributed by atoms with Gasteiger partial charge in [0.15, 0.2) is 0 Å². The molecule has 0 bridgehead atoms. The Morgan fingerprint density at radius 1 is 1.64 bits per heavy atom. The van der Waals surface area contributed by atoms with Crippen molar-refractivity contribution in [3.8, 4) is 6.07 Å². The van der Waals surface area contributed by atoms with Gasteiger partial charge in [0.2, 0.25) is 0 Å². The van der Waals surface area contributed by atoms with Gasteiger partial charge in [-0.1, -0.05) is 11.6 Å². The third kappa shape index (κ3) is 1.95. The Morgan fingerprint density at radius 3 is 2.79 bits per heavy atom. The smallest absolute Gasteiger partial charge is 0.307 e. The number of nitrogen functional groups attached to an aromatic ring is 1. The van der Waals surface area contributed by atoms with Crippen LogP contribution < -0.4 is 5.73 Å². The highest BCUT2D eigenvalue weighted by Crippen LogP contribution is 2.26. The molecule has 0 heterocycles. The van der Waals surface area contributed by atoms with Crippen molar-refractivity contribution in [2.24, 2.45) is 0 Å². The molecule has 1 rings (SSSR count). The molecule has 3 N–H and O–H groups in total. The molecule has 0 aliphatic rings. The van der Waals surface area contributed by atoms with Gasteiger partial charge in [-0.2, -0.15) is 5.26 Å². The van der Waals surface area contributed by atoms with E-state index < -0.39 is 5.97 Å². The number of halogens is 1. The van der Waals surface area contributed by atoms with E-state index in [1.807, 2.05) is 6.07 Å². The number of carbonyl (C=O) groups is 1. The summed E-state index contributed by atoms with van der Waals surface area (Å²) in [6.45, 7) is 0. The van der Waals surface area contributed by atoms with Crippen LogP contribution in [0.25, 0.3) is 0 Å². The summed E-state index contributed by atoms with van der Waals surface area (Å²) in [5, 5.41) is 17.4. The second-order valence-electron chi connectivity index (χ2n) is 2.68. The molecule has 0 atom stereocenters. The molecule has 0 spiro atoms. The molecule has 0 saturated heterocycles. The van der Waals surface area contributed by atoms with Crippen LogP contribution in [0.4, 0.5) is 5.69 Å². The fourth-order valence-electron chi connectivity index (χ4n) is 1.07. The zero-order valence-corrected chi connectivity index (χ0v) is 7.88. The van der Waals surface area contributed by atoms with Gasteiger partial charge in [-0.15, -0.1) is 0 Å². The van der Waals surface area contributed by atoms with Crippen LogP contribution in [0.5, 0.6) is 0 Å². The van der Waals surface area contributed by atoms with E-state index in [9.17, 15) is 4.79 Å². The molecule has 0 aliphatic heterocycles. The second-order valence-corrected chi connectivity index (χ2v) is 3.06. The molecule has 72 valence electrons. The highest BCUT2D eigenvalue weighted by atomic mass is 35.5. The lowest BCUT2D eigenvalue weighted by molar-refractivity contribution is -0.136. The lowest BCUT2D eigenvalue weighted by Gasteiger charge is -2.05. The van der Waals surface area contributed by atoms with Gasteiger partial charge < -0.3 is 10.8 Å². The number of rotatable bonds is 2. The zero-order valence-electron chi connectivity index (χ0n) is 7.12. The lowest BCUT2D eigenvalue weighted by atomic mass is 10.0. The molecule has 0 radical (unpaired) electrons. The van der Waals surface area contributed by atoms with Crippen molar-refractivity contribution >= 4 is 23.3 Å². The SMILES string of the molecule is N#Cc1ccc(N)c(Cl)c1CC(=O)O. The summed E-state index contributed by atoms with van der Waals surface area (Å²) in [6.07, 6.45) is -0.299. The molecule has 0 saturated carbocycles. The van der Waals surface area contributed by atoms with E-state index in [0.717, 1.165) is 0 Å². The third-order valence-electron chi connectivity index (χ3n) is 1.72. The van der Waals surface area contributed by atoms with Crippen molar-refractivity contribution in [1.82, 2.24) is 0 Å². The number of carboxylic acid groups (broad SMARTS) is 1. The fraction of sp³-hybridized carbons (Fsp3) is 0.111. The average Bonchev–Trinajstić information content (AvgIpc) is 2.13. The number of nitriles is 1. The number of aliphatic carboxylic acids is 1. The van der Waals surface area contributed by atoms with Gasteiger partial charge in [-0.25, -0.2) is 0 Å². The van der Waals surface area contributed by atoms with E-state index in [-0.39, 0.29) is 28.3 Å². The number of benzene rings is 1. The Hall–Kier alpha value is -1.73. The predicted molar refractivity (Wildman–Crippen MR) is 51.9 cm³/mol. The van der Waals surface area contributed by atoms with Gasteiger partial charge in [0.25, 0.3) is 0 Å². The van der Waals surface area contributed by atoms with Crippen LogP contribution in [0.2, 0.25) is 5.02 Å². The molecule has 1 aromatic carbocycles. The van der Waals surface area contributed by atoms with E-state index in [1.165, 1.54) is 12.1 Å². The zero-order chi connectivity index (χ0) is 10.7. The van der Waals surface area contributed by atoms with E-state index in [2.05, 4.69) is 0 Å². The number of hydrogen-bond donors (Lipinski definition) is 2. The first-order chi connectivity index (χ1) is 6.56. The molecule has 5 heteroatoms. The number of anilines is 1. The van der Waals surface area contributed by atoms with Gasteiger partial charge in [-0.3, -0.25) is 4.79 Å². The Morgan fingerprint density at radius 2 is 2.29 bits per heavy atom. The Labute approximate surface area is 85.5 Å². The summed E-state index contributed by atoms with van der Waals surface area (Å²) in [6, 6.07) is 4.80. The molecule has 0 aliphatic carbocycles. The van der Waals surface area contributed by atoms with E-state index >= 15 is 0 Å². The number of hydrogen-bond acceptors (Lipinski definition) is 3. The number of nitrogens with two attached hydrogens (primary N) is 1. The fourth-order valence-corrected chi connectivity index (χ4v) is 1.30. The number of carboxylic acids is 1. The summed E-state index contributed by atoms with van der Waals surface area (Å²) < 4.78 is 0. The quantitative estimate of drug-likeness (QED) is 0.723. The van der Waals surface area contributed by atoms with Crippen molar-refractivity contribution < 1.29 is 9.90 Å².